The number of ether oxygens (including phenoxy) is 1. The van der Waals surface area contributed by atoms with Crippen LogP contribution in [0.1, 0.15) is 54.3 Å². The maximum absolute atomic E-state index is 14.1. The monoisotopic (exact) mass is 491 g/mol. The van der Waals surface area contributed by atoms with Crippen LogP contribution in [0.3, 0.4) is 0 Å². The molecule has 0 amide bonds. The first-order valence-electron chi connectivity index (χ1n) is 11.5. The molecular formula is C26H25F4NO4. The highest BCUT2D eigenvalue weighted by Crippen LogP contribution is 2.62. The van der Waals surface area contributed by atoms with Crippen molar-refractivity contribution < 1.29 is 37.3 Å². The number of hydrogen-bond acceptors (Lipinski definition) is 3. The number of carbonyl (C=O) groups is 1. The second kappa shape index (κ2) is 8.26. The minimum absolute atomic E-state index is 0.0376. The van der Waals surface area contributed by atoms with Gasteiger partial charge in [-0.3, -0.25) is 4.79 Å². The maximum Gasteiger partial charge on any atom is 0.404 e. The zero-order valence-corrected chi connectivity index (χ0v) is 19.0. The summed E-state index contributed by atoms with van der Waals surface area (Å²) in [6.45, 7) is 2.62. The number of alkyl halides is 3. The fourth-order valence-corrected chi connectivity index (χ4v) is 5.68. The van der Waals surface area contributed by atoms with E-state index in [4.69, 9.17) is 4.74 Å². The number of nitrogens with zero attached hydrogens (tertiary/aromatic N) is 1. The molecule has 35 heavy (non-hydrogen) atoms. The van der Waals surface area contributed by atoms with Crippen molar-refractivity contribution >= 4 is 16.9 Å². The van der Waals surface area contributed by atoms with Gasteiger partial charge in [0.15, 0.2) is 5.41 Å². The van der Waals surface area contributed by atoms with Crippen LogP contribution in [-0.2, 0) is 9.53 Å². The number of phenolic OH excluding ortho intramolecular Hbond substituents is 1. The molecule has 5 rings (SSSR count). The summed E-state index contributed by atoms with van der Waals surface area (Å²) in [7, 11) is 0. The SMILES string of the molecule is Cc1cc(-n2c(C3CCOCC3)c([C@H]3C[C@@](C(=O)O)(C(F)(F)F)C3)c3cc(O)ccc32)ccc1F. The van der Waals surface area contributed by atoms with Gasteiger partial charge in [0, 0.05) is 35.9 Å². The summed E-state index contributed by atoms with van der Waals surface area (Å²) in [5.74, 6) is -2.98. The molecule has 3 aromatic rings. The second-order valence-electron chi connectivity index (χ2n) is 9.65. The topological polar surface area (TPSA) is 71.7 Å². The highest BCUT2D eigenvalue weighted by Gasteiger charge is 2.68. The zero-order chi connectivity index (χ0) is 25.1. The quantitative estimate of drug-likeness (QED) is 0.427. The van der Waals surface area contributed by atoms with Crippen LogP contribution in [0.15, 0.2) is 36.4 Å². The first-order chi connectivity index (χ1) is 16.5. The number of halogens is 4. The maximum atomic E-state index is 14.1. The molecule has 0 spiro atoms. The van der Waals surface area contributed by atoms with Crippen LogP contribution in [0.4, 0.5) is 17.6 Å². The first-order valence-corrected chi connectivity index (χ1v) is 11.5. The number of aryl methyl sites for hydroxylation is 1. The number of benzene rings is 2. The summed E-state index contributed by atoms with van der Waals surface area (Å²) in [4.78, 5) is 11.7. The number of aromatic nitrogens is 1. The van der Waals surface area contributed by atoms with E-state index in [1.54, 1.807) is 25.1 Å². The molecule has 186 valence electrons. The van der Waals surface area contributed by atoms with Crippen LogP contribution < -0.4 is 0 Å². The van der Waals surface area contributed by atoms with Crippen molar-refractivity contribution in [3.8, 4) is 11.4 Å². The van der Waals surface area contributed by atoms with E-state index >= 15 is 0 Å². The average Bonchev–Trinajstić information content (AvgIpc) is 3.08. The average molecular weight is 491 g/mol. The van der Waals surface area contributed by atoms with Crippen LogP contribution >= 0.6 is 0 Å². The lowest BCUT2D eigenvalue weighted by molar-refractivity contribution is -0.256. The number of rotatable bonds is 4. The van der Waals surface area contributed by atoms with E-state index in [-0.39, 0.29) is 17.5 Å². The summed E-state index contributed by atoms with van der Waals surface area (Å²) in [5.41, 5.74) is 0.379. The Bertz CT molecular complexity index is 1300. The zero-order valence-electron chi connectivity index (χ0n) is 19.0. The predicted molar refractivity (Wildman–Crippen MR) is 121 cm³/mol. The first kappa shape index (κ1) is 23.7. The fraction of sp³-hybridized carbons (Fsp3) is 0.423. The molecule has 1 saturated heterocycles. The number of hydrogen-bond donors (Lipinski definition) is 2. The third-order valence-electron chi connectivity index (χ3n) is 7.59. The normalized spacial score (nSPS) is 23.4. The highest BCUT2D eigenvalue weighted by atomic mass is 19.4. The van der Waals surface area contributed by atoms with Crippen LogP contribution in [0.2, 0.25) is 0 Å². The van der Waals surface area contributed by atoms with Gasteiger partial charge in [-0.2, -0.15) is 13.2 Å². The minimum Gasteiger partial charge on any atom is -0.508 e. The van der Waals surface area contributed by atoms with Crippen LogP contribution in [0.5, 0.6) is 5.75 Å². The molecular weight excluding hydrogens is 466 g/mol. The Hall–Kier alpha value is -3.07. The van der Waals surface area contributed by atoms with E-state index in [0.29, 0.717) is 53.8 Å². The lowest BCUT2D eigenvalue weighted by atomic mass is 9.58. The summed E-state index contributed by atoms with van der Waals surface area (Å²) < 4.78 is 62.9. The molecule has 2 fully saturated rings. The van der Waals surface area contributed by atoms with E-state index in [9.17, 15) is 32.6 Å². The molecule has 0 unspecified atom stereocenters. The smallest absolute Gasteiger partial charge is 0.404 e. The second-order valence-corrected chi connectivity index (χ2v) is 9.65. The Morgan fingerprint density at radius 2 is 1.77 bits per heavy atom. The number of carboxylic acid groups (broad SMARTS) is 1. The Balaban J connectivity index is 1.75. The third kappa shape index (κ3) is 3.67. The molecule has 2 aromatic carbocycles. The number of aliphatic carboxylic acids is 1. The number of phenols is 1. The van der Waals surface area contributed by atoms with Crippen molar-refractivity contribution in [3.05, 3.63) is 59.0 Å². The van der Waals surface area contributed by atoms with Crippen LogP contribution in [-0.4, -0.2) is 40.1 Å². The van der Waals surface area contributed by atoms with E-state index in [0.717, 1.165) is 5.69 Å². The summed E-state index contributed by atoms with van der Waals surface area (Å²) in [6, 6.07) is 9.39. The van der Waals surface area contributed by atoms with Crippen molar-refractivity contribution in [1.82, 2.24) is 4.57 Å². The van der Waals surface area contributed by atoms with Gasteiger partial charge in [-0.15, -0.1) is 0 Å². The van der Waals surface area contributed by atoms with E-state index < -0.39 is 36.3 Å². The van der Waals surface area contributed by atoms with Gasteiger partial charge in [0.2, 0.25) is 0 Å². The van der Waals surface area contributed by atoms with Gasteiger partial charge in [-0.1, -0.05) is 0 Å². The molecule has 0 radical (unpaired) electrons. The Morgan fingerprint density at radius 1 is 1.09 bits per heavy atom. The molecule has 1 aromatic heterocycles. The summed E-state index contributed by atoms with van der Waals surface area (Å²) >= 11 is 0. The van der Waals surface area contributed by atoms with Crippen molar-refractivity contribution in [2.24, 2.45) is 5.41 Å². The highest BCUT2D eigenvalue weighted by molar-refractivity contribution is 5.90. The summed E-state index contributed by atoms with van der Waals surface area (Å²) in [6.07, 6.45) is -4.72. The number of fused-ring (bicyclic) bond motifs is 1. The van der Waals surface area contributed by atoms with Crippen LogP contribution in [0.25, 0.3) is 16.6 Å². The van der Waals surface area contributed by atoms with Gasteiger partial charge in [-0.25, -0.2) is 4.39 Å². The van der Waals surface area contributed by atoms with Gasteiger partial charge in [0.05, 0.1) is 5.52 Å². The van der Waals surface area contributed by atoms with Gasteiger partial charge in [-0.05, 0) is 86.1 Å². The standard InChI is InChI=1S/C26H25F4NO4/c1-14-10-17(2-4-20(14)27)31-21-5-3-18(32)11-19(21)22(23(31)15-6-8-35-9-7-15)16-12-25(13-16,24(33)34)26(28,29)30/h2-5,10-11,15-16,32H,6-9,12-13H2,1H3,(H,33,34)/t16-,25+. The largest absolute Gasteiger partial charge is 0.508 e. The van der Waals surface area contributed by atoms with Crippen molar-refractivity contribution in [1.29, 1.82) is 0 Å². The van der Waals surface area contributed by atoms with E-state index in [2.05, 4.69) is 0 Å². The molecule has 2 N–H and O–H groups in total. The fourth-order valence-electron chi connectivity index (χ4n) is 5.68. The van der Waals surface area contributed by atoms with Crippen molar-refractivity contribution in [2.75, 3.05) is 13.2 Å². The molecule has 1 aliphatic carbocycles. The van der Waals surface area contributed by atoms with Gasteiger partial charge >= 0.3 is 12.1 Å². The third-order valence-corrected chi connectivity index (χ3v) is 7.59. The predicted octanol–water partition coefficient (Wildman–Crippen LogP) is 6.19. The molecule has 0 bridgehead atoms. The van der Waals surface area contributed by atoms with E-state index in [1.165, 1.54) is 18.2 Å². The van der Waals surface area contributed by atoms with Crippen molar-refractivity contribution in [3.63, 3.8) is 0 Å². The number of aromatic hydroxyl groups is 1. The Labute approximate surface area is 198 Å². The van der Waals surface area contributed by atoms with Gasteiger partial charge in [0.25, 0.3) is 0 Å². The Kier molecular flexibility index (Phi) is 5.58. The van der Waals surface area contributed by atoms with Crippen molar-refractivity contribution in [2.45, 2.75) is 50.6 Å². The van der Waals surface area contributed by atoms with Gasteiger partial charge < -0.3 is 19.5 Å². The molecule has 5 nitrogen and oxygen atoms in total. The van der Waals surface area contributed by atoms with Gasteiger partial charge in [0.1, 0.15) is 11.6 Å². The number of carboxylic acids is 1. The van der Waals surface area contributed by atoms with E-state index in [1.807, 2.05) is 4.57 Å². The molecule has 2 heterocycles. The molecule has 1 aliphatic heterocycles. The molecule has 9 heteroatoms. The minimum atomic E-state index is -4.87. The lowest BCUT2D eigenvalue weighted by Crippen LogP contribution is -2.53. The Morgan fingerprint density at radius 3 is 2.37 bits per heavy atom. The lowest BCUT2D eigenvalue weighted by Gasteiger charge is -2.46. The molecule has 0 atom stereocenters. The molecule has 2 aliphatic rings. The molecule has 1 saturated carbocycles. The van der Waals surface area contributed by atoms with Crippen LogP contribution in [0, 0.1) is 18.2 Å². The summed E-state index contributed by atoms with van der Waals surface area (Å²) in [5, 5.41) is 20.3.